The summed E-state index contributed by atoms with van der Waals surface area (Å²) >= 11 is 0. The predicted molar refractivity (Wildman–Crippen MR) is 131 cm³/mol. The van der Waals surface area contributed by atoms with Crippen molar-refractivity contribution in [2.24, 2.45) is 4.99 Å². The van der Waals surface area contributed by atoms with E-state index in [0.717, 1.165) is 38.3 Å². The Bertz CT molecular complexity index is 549. The number of rotatable bonds is 10. The number of amides is 2. The smallest absolute Gasteiger partial charge is 0.407 e. The summed E-state index contributed by atoms with van der Waals surface area (Å²) in [5.74, 6) is 0.628. The lowest BCUT2D eigenvalue weighted by Gasteiger charge is -2.34. The molecule has 10 nitrogen and oxygen atoms in total. The summed E-state index contributed by atoms with van der Waals surface area (Å²) in [6, 6.07) is 0. The summed E-state index contributed by atoms with van der Waals surface area (Å²) in [5, 5.41) is 8.60. The number of carbonyl (C=O) groups is 2. The minimum absolute atomic E-state index is 0. The Labute approximate surface area is 203 Å². The first-order valence-electron chi connectivity index (χ1n) is 10.5. The largest absolute Gasteiger partial charge is 0.444 e. The first-order valence-corrected chi connectivity index (χ1v) is 10.5. The molecule has 0 bridgehead atoms. The van der Waals surface area contributed by atoms with Crippen LogP contribution < -0.4 is 16.0 Å². The second-order valence-electron chi connectivity index (χ2n) is 8.08. The van der Waals surface area contributed by atoms with Crippen molar-refractivity contribution < 1.29 is 23.8 Å². The maximum Gasteiger partial charge on any atom is 0.407 e. The van der Waals surface area contributed by atoms with Crippen LogP contribution in [0.3, 0.4) is 0 Å². The summed E-state index contributed by atoms with van der Waals surface area (Å²) in [6.45, 7) is 9.41. The zero-order chi connectivity index (χ0) is 22.4. The van der Waals surface area contributed by atoms with Gasteiger partial charge in [-0.05, 0) is 40.0 Å². The number of aliphatic imine (C=N–C) groups is 1. The van der Waals surface area contributed by atoms with Crippen LogP contribution >= 0.6 is 24.0 Å². The van der Waals surface area contributed by atoms with Gasteiger partial charge >= 0.3 is 6.09 Å². The van der Waals surface area contributed by atoms with Gasteiger partial charge in [0.05, 0.1) is 19.3 Å². The van der Waals surface area contributed by atoms with E-state index in [-0.39, 0.29) is 42.5 Å². The highest BCUT2D eigenvalue weighted by atomic mass is 127. The van der Waals surface area contributed by atoms with Crippen LogP contribution in [0.4, 0.5) is 4.79 Å². The number of halogens is 1. The lowest BCUT2D eigenvalue weighted by Crippen LogP contribution is -2.49. The molecule has 11 heteroatoms. The summed E-state index contributed by atoms with van der Waals surface area (Å²) in [4.78, 5) is 29.8. The van der Waals surface area contributed by atoms with E-state index in [1.54, 1.807) is 14.2 Å². The van der Waals surface area contributed by atoms with Crippen LogP contribution in [0.25, 0.3) is 0 Å². The minimum atomic E-state index is -0.488. The summed E-state index contributed by atoms with van der Waals surface area (Å²) < 4.78 is 16.0. The van der Waals surface area contributed by atoms with Gasteiger partial charge in [0.15, 0.2) is 5.96 Å². The lowest BCUT2D eigenvalue weighted by atomic mass is 10.1. The summed E-state index contributed by atoms with van der Waals surface area (Å²) in [7, 11) is 3.31. The summed E-state index contributed by atoms with van der Waals surface area (Å²) in [5.41, 5.74) is -0.488. The molecule has 1 aliphatic rings. The van der Waals surface area contributed by atoms with Gasteiger partial charge in [0, 0.05) is 46.9 Å². The minimum Gasteiger partial charge on any atom is -0.444 e. The standard InChI is InChI=1S/C20H39N5O5.HI/c1-20(2,3)30-19(27)23-9-6-13-29-16-7-11-25(12-8-16)18(21-4)24-15-17(26)22-10-14-28-5;/h16H,6-15H2,1-5H3,(H,21,24)(H,22,26)(H,23,27);1H. The Hall–Kier alpha value is -1.34. The molecule has 0 unspecified atom stereocenters. The molecule has 1 rings (SSSR count). The van der Waals surface area contributed by atoms with Gasteiger partial charge in [-0.15, -0.1) is 24.0 Å². The normalized spacial score (nSPS) is 15.1. The van der Waals surface area contributed by atoms with Crippen molar-refractivity contribution in [1.82, 2.24) is 20.9 Å². The van der Waals surface area contributed by atoms with Crippen LogP contribution in [-0.4, -0.2) is 94.7 Å². The average Bonchev–Trinajstić information content (AvgIpc) is 2.68. The number of carbonyl (C=O) groups excluding carboxylic acids is 2. The maximum atomic E-state index is 11.8. The molecule has 1 saturated heterocycles. The third-order valence-corrected chi connectivity index (χ3v) is 4.33. The van der Waals surface area contributed by atoms with Crippen LogP contribution in [0, 0.1) is 0 Å². The zero-order valence-corrected chi connectivity index (χ0v) is 21.8. The lowest BCUT2D eigenvalue weighted by molar-refractivity contribution is -0.120. The number of hydrogen-bond donors (Lipinski definition) is 3. The second-order valence-corrected chi connectivity index (χ2v) is 8.08. The van der Waals surface area contributed by atoms with E-state index in [9.17, 15) is 9.59 Å². The van der Waals surface area contributed by atoms with Crippen molar-refractivity contribution >= 4 is 41.9 Å². The molecule has 2 amide bonds. The molecule has 31 heavy (non-hydrogen) atoms. The topological polar surface area (TPSA) is 114 Å². The number of hydrogen-bond acceptors (Lipinski definition) is 6. The molecule has 0 aromatic heterocycles. The van der Waals surface area contributed by atoms with Crippen molar-refractivity contribution in [3.63, 3.8) is 0 Å². The molecule has 0 spiro atoms. The Kier molecular flexibility index (Phi) is 15.6. The Balaban J connectivity index is 0.00000900. The van der Waals surface area contributed by atoms with Crippen molar-refractivity contribution in [3.05, 3.63) is 0 Å². The van der Waals surface area contributed by atoms with E-state index < -0.39 is 11.7 Å². The Morgan fingerprint density at radius 1 is 1.06 bits per heavy atom. The molecule has 0 aliphatic carbocycles. The number of guanidine groups is 1. The highest BCUT2D eigenvalue weighted by Crippen LogP contribution is 2.14. The Morgan fingerprint density at radius 2 is 1.74 bits per heavy atom. The van der Waals surface area contributed by atoms with Crippen LogP contribution in [0.1, 0.15) is 40.0 Å². The number of piperidine rings is 1. The first kappa shape index (κ1) is 29.7. The highest BCUT2D eigenvalue weighted by molar-refractivity contribution is 14.0. The van der Waals surface area contributed by atoms with Crippen molar-refractivity contribution in [2.45, 2.75) is 51.7 Å². The van der Waals surface area contributed by atoms with Crippen molar-refractivity contribution in [3.8, 4) is 0 Å². The molecule has 0 saturated carbocycles. The number of nitrogens with one attached hydrogen (secondary N) is 3. The predicted octanol–water partition coefficient (Wildman–Crippen LogP) is 1.34. The molecule has 1 aliphatic heterocycles. The van der Waals surface area contributed by atoms with Gasteiger partial charge in [0.2, 0.25) is 5.91 Å². The molecule has 0 radical (unpaired) electrons. The Morgan fingerprint density at radius 3 is 2.32 bits per heavy atom. The third-order valence-electron chi connectivity index (χ3n) is 4.33. The molecular formula is C20H40IN5O5. The van der Waals surface area contributed by atoms with Crippen LogP contribution in [-0.2, 0) is 19.0 Å². The van der Waals surface area contributed by atoms with Crippen molar-refractivity contribution in [1.29, 1.82) is 0 Å². The van der Waals surface area contributed by atoms with Crippen LogP contribution in [0.5, 0.6) is 0 Å². The van der Waals surface area contributed by atoms with E-state index in [4.69, 9.17) is 14.2 Å². The summed E-state index contributed by atoms with van der Waals surface area (Å²) in [6.07, 6.45) is 2.31. The number of nitrogens with zero attached hydrogens (tertiary/aromatic N) is 2. The molecule has 0 aromatic rings. The van der Waals surface area contributed by atoms with Gasteiger partial charge in [-0.25, -0.2) is 4.79 Å². The van der Waals surface area contributed by atoms with Gasteiger partial charge in [-0.1, -0.05) is 0 Å². The van der Waals surface area contributed by atoms with Gasteiger partial charge < -0.3 is 35.1 Å². The van der Waals surface area contributed by atoms with E-state index in [0.29, 0.717) is 26.3 Å². The molecule has 3 N–H and O–H groups in total. The number of likely N-dealkylation sites (tertiary alicyclic amines) is 1. The van der Waals surface area contributed by atoms with E-state index in [2.05, 4.69) is 25.8 Å². The van der Waals surface area contributed by atoms with Gasteiger partial charge in [-0.3, -0.25) is 9.79 Å². The maximum absolute atomic E-state index is 11.8. The quantitative estimate of drug-likeness (QED) is 0.161. The SMILES string of the molecule is CN=C(NCC(=O)NCCOC)N1CCC(OCCCNC(=O)OC(C)(C)C)CC1.I. The highest BCUT2D eigenvalue weighted by Gasteiger charge is 2.22. The van der Waals surface area contributed by atoms with E-state index in [1.165, 1.54) is 0 Å². The fourth-order valence-electron chi connectivity index (χ4n) is 2.91. The molecule has 0 aromatic carbocycles. The van der Waals surface area contributed by atoms with Crippen LogP contribution in [0.15, 0.2) is 4.99 Å². The van der Waals surface area contributed by atoms with Gasteiger partial charge in [0.1, 0.15) is 5.60 Å². The van der Waals surface area contributed by atoms with Crippen molar-refractivity contribution in [2.75, 3.05) is 60.1 Å². The number of alkyl carbamates (subject to hydrolysis) is 1. The monoisotopic (exact) mass is 557 g/mol. The molecule has 182 valence electrons. The zero-order valence-electron chi connectivity index (χ0n) is 19.5. The second kappa shape index (κ2) is 16.3. The van der Waals surface area contributed by atoms with Crippen LogP contribution in [0.2, 0.25) is 0 Å². The number of ether oxygens (including phenoxy) is 3. The molecule has 1 fully saturated rings. The number of methoxy groups -OCH3 is 1. The molecule has 1 heterocycles. The fraction of sp³-hybridized carbons (Fsp3) is 0.850. The molecular weight excluding hydrogens is 517 g/mol. The fourth-order valence-corrected chi connectivity index (χ4v) is 2.91. The average molecular weight is 557 g/mol. The van der Waals surface area contributed by atoms with Gasteiger partial charge in [0.25, 0.3) is 0 Å². The van der Waals surface area contributed by atoms with E-state index in [1.807, 2.05) is 20.8 Å². The first-order chi connectivity index (χ1) is 14.2. The van der Waals surface area contributed by atoms with Gasteiger partial charge in [-0.2, -0.15) is 0 Å². The molecule has 0 atom stereocenters. The third kappa shape index (κ3) is 14.4. The van der Waals surface area contributed by atoms with E-state index >= 15 is 0 Å².